The van der Waals surface area contributed by atoms with E-state index in [9.17, 15) is 4.79 Å². The predicted octanol–water partition coefficient (Wildman–Crippen LogP) is 7.29. The number of aryl methyl sites for hydroxylation is 1. The summed E-state index contributed by atoms with van der Waals surface area (Å²) in [6, 6.07) is 18.0. The first-order valence-electron chi connectivity index (χ1n) is 16.1. The molecule has 248 valence electrons. The zero-order chi connectivity index (χ0) is 33.3. The third-order valence-electron chi connectivity index (χ3n) is 9.08. The Hall–Kier alpha value is -4.41. The van der Waals surface area contributed by atoms with Crippen LogP contribution >= 0.6 is 0 Å². The molecule has 0 bridgehead atoms. The van der Waals surface area contributed by atoms with Crippen LogP contribution in [0.15, 0.2) is 59.0 Å². The number of nitrogens with one attached hydrogen (secondary N) is 2. The van der Waals surface area contributed by atoms with Crippen molar-refractivity contribution in [2.75, 3.05) is 24.9 Å². The molecule has 1 amide bonds. The van der Waals surface area contributed by atoms with Crippen molar-refractivity contribution in [1.82, 2.24) is 9.97 Å². The summed E-state index contributed by atoms with van der Waals surface area (Å²) in [6.45, 7) is 11.0. The molecule has 0 spiro atoms. The van der Waals surface area contributed by atoms with Gasteiger partial charge in [0.1, 0.15) is 5.76 Å². The standard InChI is InChI=1S/C37H44N4O6/c1-22-18-26-27(37(4,5)47-36(26,2)3)20-24(22)19-25-16-17-30(46-25)32(42)39-31-33(43-6)40-35(41-34(31)44-7)38-28-14-11-15-29(28)45-21-23-12-9-8-10-13-23/h8-10,12-13,16-18,20,28-29H,11,14-15,19,21H2,1-7H3,(H,39,42)(H,38,40,41). The fraction of sp³-hybridized carbons (Fsp3) is 0.432. The SMILES string of the molecule is COc1nc(NC2CCCC2OCc2ccccc2)nc(OC)c1NC(=O)c1ccc(Cc2cc3c(cc2C)C(C)(C)OC3(C)C)o1. The molecule has 10 heteroatoms. The molecule has 0 saturated heterocycles. The Labute approximate surface area is 276 Å². The Morgan fingerprint density at radius 3 is 2.30 bits per heavy atom. The van der Waals surface area contributed by atoms with Crippen LogP contribution in [0.5, 0.6) is 11.8 Å². The highest BCUT2D eigenvalue weighted by Gasteiger charge is 2.43. The number of fused-ring (bicyclic) bond motifs is 1. The van der Waals surface area contributed by atoms with Gasteiger partial charge >= 0.3 is 0 Å². The molecule has 2 N–H and O–H groups in total. The van der Waals surface area contributed by atoms with Gasteiger partial charge in [0.25, 0.3) is 5.91 Å². The fourth-order valence-corrected chi connectivity index (χ4v) is 6.77. The van der Waals surface area contributed by atoms with Crippen molar-refractivity contribution in [1.29, 1.82) is 0 Å². The summed E-state index contributed by atoms with van der Waals surface area (Å²) in [5.74, 6) is 1.02. The number of rotatable bonds is 11. The molecular weight excluding hydrogens is 596 g/mol. The third-order valence-corrected chi connectivity index (χ3v) is 9.08. The van der Waals surface area contributed by atoms with Crippen molar-refractivity contribution < 1.29 is 28.2 Å². The molecule has 1 saturated carbocycles. The number of furan rings is 1. The van der Waals surface area contributed by atoms with E-state index in [2.05, 4.69) is 79.5 Å². The number of anilines is 2. The second-order valence-electron chi connectivity index (χ2n) is 13.3. The maximum absolute atomic E-state index is 13.4. The smallest absolute Gasteiger partial charge is 0.291 e. The molecule has 2 atom stereocenters. The van der Waals surface area contributed by atoms with Gasteiger partial charge in [0.15, 0.2) is 11.4 Å². The second kappa shape index (κ2) is 13.0. The Kier molecular flexibility index (Phi) is 9.00. The van der Waals surface area contributed by atoms with E-state index < -0.39 is 11.5 Å². The Morgan fingerprint density at radius 2 is 1.62 bits per heavy atom. The first-order chi connectivity index (χ1) is 22.5. The van der Waals surface area contributed by atoms with Crippen molar-refractivity contribution in [3.63, 3.8) is 0 Å². The van der Waals surface area contributed by atoms with E-state index in [1.54, 1.807) is 6.07 Å². The Balaban J connectivity index is 1.14. The van der Waals surface area contributed by atoms with E-state index in [1.165, 1.54) is 25.3 Å². The maximum Gasteiger partial charge on any atom is 0.291 e. The second-order valence-corrected chi connectivity index (χ2v) is 13.3. The summed E-state index contributed by atoms with van der Waals surface area (Å²) in [5, 5.41) is 6.23. The fourth-order valence-electron chi connectivity index (χ4n) is 6.77. The molecule has 2 aromatic carbocycles. The van der Waals surface area contributed by atoms with E-state index in [0.717, 1.165) is 36.0 Å². The molecule has 1 aliphatic carbocycles. The van der Waals surface area contributed by atoms with Crippen LogP contribution in [0.2, 0.25) is 0 Å². The van der Waals surface area contributed by atoms with E-state index in [0.29, 0.717) is 24.7 Å². The van der Waals surface area contributed by atoms with Gasteiger partial charge in [-0.2, -0.15) is 9.97 Å². The summed E-state index contributed by atoms with van der Waals surface area (Å²) < 4.78 is 29.8. The van der Waals surface area contributed by atoms with Gasteiger partial charge in [-0.25, -0.2) is 0 Å². The Bertz CT molecular complexity index is 1720. The lowest BCUT2D eigenvalue weighted by Crippen LogP contribution is -2.31. The van der Waals surface area contributed by atoms with Gasteiger partial charge in [-0.1, -0.05) is 42.5 Å². The minimum absolute atomic E-state index is 0.00980. The molecule has 1 fully saturated rings. The van der Waals surface area contributed by atoms with Gasteiger partial charge in [0.05, 0.1) is 44.2 Å². The molecular formula is C37H44N4O6. The van der Waals surface area contributed by atoms with Gasteiger partial charge in [-0.15, -0.1) is 0 Å². The maximum atomic E-state index is 13.4. The zero-order valence-electron chi connectivity index (χ0n) is 28.2. The first kappa shape index (κ1) is 32.5. The molecule has 2 aromatic heterocycles. The molecule has 1 aliphatic heterocycles. The van der Waals surface area contributed by atoms with Crippen LogP contribution < -0.4 is 20.1 Å². The van der Waals surface area contributed by atoms with Crippen LogP contribution in [0, 0.1) is 6.92 Å². The molecule has 6 rings (SSSR count). The number of ether oxygens (including phenoxy) is 4. The largest absolute Gasteiger partial charge is 0.479 e. The summed E-state index contributed by atoms with van der Waals surface area (Å²) in [6.07, 6.45) is 3.43. The summed E-state index contributed by atoms with van der Waals surface area (Å²) in [4.78, 5) is 22.5. The van der Waals surface area contributed by atoms with Crippen LogP contribution in [0.3, 0.4) is 0 Å². The lowest BCUT2D eigenvalue weighted by atomic mass is 9.86. The van der Waals surface area contributed by atoms with Crippen LogP contribution in [0.1, 0.15) is 91.1 Å². The lowest BCUT2D eigenvalue weighted by Gasteiger charge is -2.24. The van der Waals surface area contributed by atoms with E-state index >= 15 is 0 Å². The van der Waals surface area contributed by atoms with Gasteiger partial charge in [-0.3, -0.25) is 4.79 Å². The van der Waals surface area contributed by atoms with Crippen molar-refractivity contribution in [3.8, 4) is 11.8 Å². The molecule has 3 heterocycles. The Morgan fingerprint density at radius 1 is 0.936 bits per heavy atom. The van der Waals surface area contributed by atoms with Gasteiger partial charge in [-0.05, 0) is 93.8 Å². The number of benzene rings is 2. The van der Waals surface area contributed by atoms with Gasteiger partial charge < -0.3 is 34.0 Å². The highest BCUT2D eigenvalue weighted by molar-refractivity contribution is 6.03. The third kappa shape index (κ3) is 6.84. The quantitative estimate of drug-likeness (QED) is 0.174. The lowest BCUT2D eigenvalue weighted by molar-refractivity contribution is -0.105. The number of carbonyl (C=O) groups is 1. The zero-order valence-corrected chi connectivity index (χ0v) is 28.2. The summed E-state index contributed by atoms with van der Waals surface area (Å²) in [5.41, 5.74) is 5.24. The number of aromatic nitrogens is 2. The molecule has 0 radical (unpaired) electrons. The summed E-state index contributed by atoms with van der Waals surface area (Å²) in [7, 11) is 2.97. The molecule has 4 aromatic rings. The van der Waals surface area contributed by atoms with Crippen LogP contribution in [-0.4, -0.2) is 42.2 Å². The molecule has 2 unspecified atom stereocenters. The highest BCUT2D eigenvalue weighted by atomic mass is 16.5. The van der Waals surface area contributed by atoms with Crippen molar-refractivity contribution >= 4 is 17.5 Å². The van der Waals surface area contributed by atoms with Gasteiger partial charge in [0, 0.05) is 6.42 Å². The minimum Gasteiger partial charge on any atom is -0.479 e. The van der Waals surface area contributed by atoms with Crippen molar-refractivity contribution in [2.24, 2.45) is 0 Å². The highest BCUT2D eigenvalue weighted by Crippen LogP contribution is 2.47. The van der Waals surface area contributed by atoms with E-state index in [4.69, 9.17) is 23.4 Å². The normalized spacial score (nSPS) is 19.3. The van der Waals surface area contributed by atoms with E-state index in [1.807, 2.05) is 24.3 Å². The number of hydrogen-bond donors (Lipinski definition) is 2. The molecule has 47 heavy (non-hydrogen) atoms. The van der Waals surface area contributed by atoms with Crippen LogP contribution in [0.4, 0.5) is 11.6 Å². The number of methoxy groups -OCH3 is 2. The minimum atomic E-state index is -0.468. The number of carbonyl (C=O) groups excluding carboxylic acids is 1. The average Bonchev–Trinajstić information content (AvgIpc) is 3.74. The van der Waals surface area contributed by atoms with Crippen LogP contribution in [0.25, 0.3) is 0 Å². The molecule has 10 nitrogen and oxygen atoms in total. The van der Waals surface area contributed by atoms with Crippen molar-refractivity contribution in [2.45, 2.75) is 90.3 Å². The first-order valence-corrected chi connectivity index (χ1v) is 16.1. The number of hydrogen-bond acceptors (Lipinski definition) is 9. The van der Waals surface area contributed by atoms with Crippen molar-refractivity contribution in [3.05, 3.63) is 93.9 Å². The predicted molar refractivity (Wildman–Crippen MR) is 179 cm³/mol. The number of amides is 1. The monoisotopic (exact) mass is 640 g/mol. The van der Waals surface area contributed by atoms with E-state index in [-0.39, 0.29) is 41.0 Å². The summed E-state index contributed by atoms with van der Waals surface area (Å²) >= 11 is 0. The number of nitrogens with zero attached hydrogens (tertiary/aromatic N) is 2. The topological polar surface area (TPSA) is 117 Å². The average molecular weight is 641 g/mol. The van der Waals surface area contributed by atoms with Gasteiger partial charge in [0.2, 0.25) is 17.7 Å². The molecule has 2 aliphatic rings. The van der Waals surface area contributed by atoms with Crippen LogP contribution in [-0.2, 0) is 33.7 Å².